The molecule has 0 aliphatic rings. The first-order chi connectivity index (χ1) is 10.8. The van der Waals surface area contributed by atoms with Crippen molar-refractivity contribution in [1.29, 1.82) is 0 Å². The molecule has 0 saturated carbocycles. The Hall–Kier alpha value is -2.00. The normalized spacial score (nSPS) is 11.3. The second-order valence-corrected chi connectivity index (χ2v) is 6.79. The summed E-state index contributed by atoms with van der Waals surface area (Å²) in [6, 6.07) is 12.9. The first-order valence-electron chi connectivity index (χ1n) is 7.88. The van der Waals surface area contributed by atoms with Crippen molar-refractivity contribution in [3.63, 3.8) is 0 Å². The Bertz CT molecular complexity index is 637. The monoisotopic (exact) mass is 316 g/mol. The van der Waals surface area contributed by atoms with Gasteiger partial charge in [-0.05, 0) is 47.4 Å². The second-order valence-electron chi connectivity index (χ2n) is 6.79. The molecule has 0 aliphatic heterocycles. The molecule has 1 nitrogen and oxygen atoms in total. The predicted molar refractivity (Wildman–Crippen MR) is 92.0 cm³/mol. The molecule has 23 heavy (non-hydrogen) atoms. The zero-order valence-electron chi connectivity index (χ0n) is 14.0. The molecule has 0 fully saturated rings. The summed E-state index contributed by atoms with van der Waals surface area (Å²) >= 11 is 0. The van der Waals surface area contributed by atoms with E-state index in [1.807, 2.05) is 12.1 Å². The average Bonchev–Trinajstić information content (AvgIpc) is 2.46. The maximum atomic E-state index is 13.6. The van der Waals surface area contributed by atoms with E-state index in [1.165, 1.54) is 24.3 Å². The maximum absolute atomic E-state index is 13.6. The van der Waals surface area contributed by atoms with Crippen molar-refractivity contribution >= 4 is 5.57 Å². The van der Waals surface area contributed by atoms with Crippen LogP contribution in [-0.4, -0.2) is 32.2 Å². The first-order valence-corrected chi connectivity index (χ1v) is 7.88. The fourth-order valence-electron chi connectivity index (χ4n) is 2.53. The Morgan fingerprint density at radius 1 is 0.913 bits per heavy atom. The van der Waals surface area contributed by atoms with Crippen LogP contribution in [0.4, 0.5) is 8.78 Å². The Balaban J connectivity index is 2.28. The van der Waals surface area contributed by atoms with E-state index in [0.717, 1.165) is 40.6 Å². The van der Waals surface area contributed by atoms with Gasteiger partial charge in [-0.15, -0.1) is 0 Å². The summed E-state index contributed by atoms with van der Waals surface area (Å²) in [4.78, 5) is 0. The van der Waals surface area contributed by atoms with Crippen LogP contribution in [0.3, 0.4) is 0 Å². The molecular weight excluding hydrogens is 292 g/mol. The first kappa shape index (κ1) is 17.4. The Morgan fingerprint density at radius 2 is 1.43 bits per heavy atom. The highest BCUT2D eigenvalue weighted by atomic mass is 19.1. The molecular formula is C20H24F2N+. The van der Waals surface area contributed by atoms with Gasteiger partial charge >= 0.3 is 0 Å². The molecule has 0 bridgehead atoms. The predicted octanol–water partition coefficient (Wildman–Crippen LogP) is 4.88. The van der Waals surface area contributed by atoms with Crippen molar-refractivity contribution in [3.8, 4) is 0 Å². The molecule has 122 valence electrons. The minimum atomic E-state index is -0.281. The molecule has 3 heteroatoms. The van der Waals surface area contributed by atoms with Crippen LogP contribution in [0.5, 0.6) is 0 Å². The summed E-state index contributed by atoms with van der Waals surface area (Å²) in [5.74, 6) is -0.563. The molecule has 0 aromatic heterocycles. The van der Waals surface area contributed by atoms with Crippen LogP contribution in [0.2, 0.25) is 0 Å². The Labute approximate surface area is 137 Å². The van der Waals surface area contributed by atoms with Gasteiger partial charge in [0, 0.05) is 6.42 Å². The van der Waals surface area contributed by atoms with Crippen molar-refractivity contribution in [1.82, 2.24) is 0 Å². The number of hydrogen-bond acceptors (Lipinski definition) is 0. The maximum Gasteiger partial charge on any atom is 0.123 e. The van der Waals surface area contributed by atoms with Crippen LogP contribution < -0.4 is 0 Å². The lowest BCUT2D eigenvalue weighted by Crippen LogP contribution is -2.35. The van der Waals surface area contributed by atoms with Crippen molar-refractivity contribution in [2.45, 2.75) is 12.8 Å². The fraction of sp³-hybridized carbons (Fsp3) is 0.300. The van der Waals surface area contributed by atoms with Crippen molar-refractivity contribution in [2.75, 3.05) is 27.7 Å². The van der Waals surface area contributed by atoms with Crippen LogP contribution in [0.25, 0.3) is 5.57 Å². The SMILES string of the molecule is C[N+](C)(C)CCCC=C(c1cccc(F)c1)c1cccc(F)c1. The minimum Gasteiger partial charge on any atom is -0.331 e. The highest BCUT2D eigenvalue weighted by Crippen LogP contribution is 2.25. The van der Waals surface area contributed by atoms with Gasteiger partial charge in [0.05, 0.1) is 27.7 Å². The minimum absolute atomic E-state index is 0.281. The third kappa shape index (κ3) is 5.61. The Kier molecular flexibility index (Phi) is 5.67. The summed E-state index contributed by atoms with van der Waals surface area (Å²) in [5.41, 5.74) is 2.44. The van der Waals surface area contributed by atoms with Gasteiger partial charge in [0.1, 0.15) is 11.6 Å². The number of quaternary nitrogens is 1. The molecule has 0 spiro atoms. The molecule has 0 saturated heterocycles. The molecule has 0 unspecified atom stereocenters. The Morgan fingerprint density at radius 3 is 1.87 bits per heavy atom. The van der Waals surface area contributed by atoms with E-state index in [4.69, 9.17) is 0 Å². The van der Waals surface area contributed by atoms with Gasteiger partial charge in [0.2, 0.25) is 0 Å². The molecule has 2 rings (SSSR count). The summed E-state index contributed by atoms with van der Waals surface area (Å²) in [6.45, 7) is 1.05. The van der Waals surface area contributed by atoms with E-state index in [2.05, 4.69) is 27.2 Å². The van der Waals surface area contributed by atoms with Crippen LogP contribution in [0, 0.1) is 11.6 Å². The molecule has 0 atom stereocenters. The quantitative estimate of drug-likeness (QED) is 0.526. The smallest absolute Gasteiger partial charge is 0.123 e. The highest BCUT2D eigenvalue weighted by Gasteiger charge is 2.09. The number of nitrogens with zero attached hydrogens (tertiary/aromatic N) is 1. The third-order valence-corrected chi connectivity index (χ3v) is 3.65. The van der Waals surface area contributed by atoms with Gasteiger partial charge in [-0.2, -0.15) is 0 Å². The fourth-order valence-corrected chi connectivity index (χ4v) is 2.53. The van der Waals surface area contributed by atoms with Crippen LogP contribution in [-0.2, 0) is 0 Å². The zero-order chi connectivity index (χ0) is 16.9. The van der Waals surface area contributed by atoms with Gasteiger partial charge in [-0.1, -0.05) is 30.3 Å². The highest BCUT2D eigenvalue weighted by molar-refractivity contribution is 5.79. The summed E-state index contributed by atoms with van der Waals surface area (Å²) in [7, 11) is 6.47. The number of allylic oxidation sites excluding steroid dienone is 1. The van der Waals surface area contributed by atoms with E-state index in [1.54, 1.807) is 12.1 Å². The van der Waals surface area contributed by atoms with Crippen LogP contribution in [0.1, 0.15) is 24.0 Å². The van der Waals surface area contributed by atoms with E-state index < -0.39 is 0 Å². The molecule has 0 heterocycles. The number of halogens is 2. The van der Waals surface area contributed by atoms with Gasteiger partial charge in [-0.25, -0.2) is 8.78 Å². The van der Waals surface area contributed by atoms with E-state index in [-0.39, 0.29) is 11.6 Å². The van der Waals surface area contributed by atoms with E-state index >= 15 is 0 Å². The van der Waals surface area contributed by atoms with E-state index in [0.29, 0.717) is 0 Å². The largest absolute Gasteiger partial charge is 0.331 e. The van der Waals surface area contributed by atoms with Crippen LogP contribution in [0.15, 0.2) is 54.6 Å². The lowest BCUT2D eigenvalue weighted by atomic mass is 9.96. The van der Waals surface area contributed by atoms with Gasteiger partial charge in [0.25, 0.3) is 0 Å². The molecule has 2 aromatic rings. The van der Waals surface area contributed by atoms with Gasteiger partial charge < -0.3 is 4.48 Å². The topological polar surface area (TPSA) is 0 Å². The lowest BCUT2D eigenvalue weighted by Gasteiger charge is -2.23. The summed E-state index contributed by atoms with van der Waals surface area (Å²) in [5, 5.41) is 0. The van der Waals surface area contributed by atoms with Crippen LogP contribution >= 0.6 is 0 Å². The molecule has 0 radical (unpaired) electrons. The van der Waals surface area contributed by atoms with E-state index in [9.17, 15) is 8.78 Å². The number of benzene rings is 2. The standard InChI is InChI=1S/C20H24F2N/c1-23(2,3)13-5-4-12-20(16-8-6-10-18(21)14-16)17-9-7-11-19(22)15-17/h6-12,14-15H,4-5,13H2,1-3H3/q+1. The average molecular weight is 316 g/mol. The third-order valence-electron chi connectivity index (χ3n) is 3.65. The molecule has 2 aromatic carbocycles. The van der Waals surface area contributed by atoms with Crippen molar-refractivity contribution in [2.24, 2.45) is 0 Å². The zero-order valence-corrected chi connectivity index (χ0v) is 14.0. The van der Waals surface area contributed by atoms with Gasteiger partial charge in [0.15, 0.2) is 0 Å². The molecule has 0 N–H and O–H groups in total. The second kappa shape index (κ2) is 7.51. The molecule has 0 amide bonds. The van der Waals surface area contributed by atoms with Crippen molar-refractivity contribution in [3.05, 3.63) is 77.4 Å². The van der Waals surface area contributed by atoms with Gasteiger partial charge in [-0.3, -0.25) is 0 Å². The van der Waals surface area contributed by atoms with Crippen molar-refractivity contribution < 1.29 is 13.3 Å². The summed E-state index contributed by atoms with van der Waals surface area (Å²) < 4.78 is 28.0. The lowest BCUT2D eigenvalue weighted by molar-refractivity contribution is -0.870. The summed E-state index contributed by atoms with van der Waals surface area (Å²) in [6.07, 6.45) is 3.98. The number of hydrogen-bond donors (Lipinski definition) is 0. The number of unbranched alkanes of at least 4 members (excludes halogenated alkanes) is 1. The molecule has 0 aliphatic carbocycles. The number of rotatable bonds is 6.